The Balaban J connectivity index is 2.11. The van der Waals surface area contributed by atoms with Gasteiger partial charge in [-0.15, -0.1) is 0 Å². The van der Waals surface area contributed by atoms with Crippen molar-refractivity contribution in [2.45, 2.75) is 24.7 Å². The number of hydrogen-bond donors (Lipinski definition) is 1. The van der Waals surface area contributed by atoms with Gasteiger partial charge in [0.05, 0.1) is 0 Å². The van der Waals surface area contributed by atoms with E-state index in [9.17, 15) is 5.11 Å². The minimum absolute atomic E-state index is 0.163. The van der Waals surface area contributed by atoms with Crippen LogP contribution >= 0.6 is 0 Å². The zero-order valence-electron chi connectivity index (χ0n) is 8.11. The summed E-state index contributed by atoms with van der Waals surface area (Å²) in [7, 11) is 0. The van der Waals surface area contributed by atoms with Gasteiger partial charge in [0.25, 0.3) is 0 Å². The van der Waals surface area contributed by atoms with Crippen molar-refractivity contribution in [1.29, 1.82) is 0 Å². The maximum absolute atomic E-state index is 9.85. The van der Waals surface area contributed by atoms with Crippen molar-refractivity contribution in [3.63, 3.8) is 0 Å². The van der Waals surface area contributed by atoms with Crippen molar-refractivity contribution in [2.75, 3.05) is 0 Å². The Hall–Kier alpha value is -1.24. The SMILES string of the molecule is Oc1ccccc1C12C=CC(CC1)C2. The Labute approximate surface area is 84.1 Å². The number of benzene rings is 1. The lowest BCUT2D eigenvalue weighted by Gasteiger charge is -2.24. The zero-order valence-corrected chi connectivity index (χ0v) is 8.11. The summed E-state index contributed by atoms with van der Waals surface area (Å²) in [5, 5.41) is 9.85. The van der Waals surface area contributed by atoms with Crippen molar-refractivity contribution in [3.05, 3.63) is 42.0 Å². The lowest BCUT2D eigenvalue weighted by Crippen LogP contribution is -2.17. The van der Waals surface area contributed by atoms with Crippen LogP contribution in [0.2, 0.25) is 0 Å². The van der Waals surface area contributed by atoms with Crippen molar-refractivity contribution in [1.82, 2.24) is 0 Å². The Morgan fingerprint density at radius 2 is 2.14 bits per heavy atom. The number of allylic oxidation sites excluding steroid dienone is 2. The first kappa shape index (κ1) is 8.10. The summed E-state index contributed by atoms with van der Waals surface area (Å²) >= 11 is 0. The number of aromatic hydroxyl groups is 1. The molecule has 0 spiro atoms. The standard InChI is InChI=1S/C13H14O/c14-12-4-2-1-3-11(12)13-7-5-10(9-13)6-8-13/h1-5,7,10,14H,6,8-9H2. The molecule has 1 saturated carbocycles. The third-order valence-corrected chi connectivity index (χ3v) is 3.72. The average molecular weight is 186 g/mol. The summed E-state index contributed by atoms with van der Waals surface area (Å²) < 4.78 is 0. The van der Waals surface area contributed by atoms with E-state index in [1.54, 1.807) is 6.07 Å². The highest BCUT2D eigenvalue weighted by atomic mass is 16.3. The van der Waals surface area contributed by atoms with Gasteiger partial charge in [-0.2, -0.15) is 0 Å². The van der Waals surface area contributed by atoms with Crippen LogP contribution < -0.4 is 0 Å². The number of phenolic OH excluding ortho intramolecular Hbond substituents is 1. The largest absolute Gasteiger partial charge is 0.508 e. The molecule has 2 aliphatic rings. The Bertz CT molecular complexity index is 394. The molecule has 0 aliphatic heterocycles. The monoisotopic (exact) mass is 186 g/mol. The van der Waals surface area contributed by atoms with E-state index in [0.717, 1.165) is 11.5 Å². The molecule has 1 aromatic rings. The van der Waals surface area contributed by atoms with Gasteiger partial charge in [0.1, 0.15) is 5.75 Å². The lowest BCUT2D eigenvalue weighted by molar-refractivity contribution is 0.444. The van der Waals surface area contributed by atoms with Crippen LogP contribution in [0.3, 0.4) is 0 Å². The number of hydrogen-bond acceptors (Lipinski definition) is 1. The molecule has 0 heterocycles. The van der Waals surface area contributed by atoms with Gasteiger partial charge in [0.15, 0.2) is 0 Å². The highest BCUT2D eigenvalue weighted by molar-refractivity contribution is 5.45. The van der Waals surface area contributed by atoms with Crippen LogP contribution in [0.25, 0.3) is 0 Å². The smallest absolute Gasteiger partial charge is 0.119 e. The van der Waals surface area contributed by atoms with Crippen LogP contribution in [0.4, 0.5) is 0 Å². The predicted molar refractivity (Wildman–Crippen MR) is 56.3 cm³/mol. The molecule has 3 rings (SSSR count). The van der Waals surface area contributed by atoms with E-state index in [1.807, 2.05) is 12.1 Å². The summed E-state index contributed by atoms with van der Waals surface area (Å²) in [6, 6.07) is 7.76. The Kier molecular flexibility index (Phi) is 1.52. The number of phenols is 1. The zero-order chi connectivity index (χ0) is 9.60. The van der Waals surface area contributed by atoms with Gasteiger partial charge in [-0.05, 0) is 31.2 Å². The molecule has 2 aliphatic carbocycles. The molecule has 14 heavy (non-hydrogen) atoms. The molecule has 1 aromatic carbocycles. The van der Waals surface area contributed by atoms with E-state index in [4.69, 9.17) is 0 Å². The van der Waals surface area contributed by atoms with Gasteiger partial charge < -0.3 is 5.11 Å². The van der Waals surface area contributed by atoms with Gasteiger partial charge in [0.2, 0.25) is 0 Å². The van der Waals surface area contributed by atoms with Gasteiger partial charge in [-0.1, -0.05) is 30.4 Å². The highest BCUT2D eigenvalue weighted by Gasteiger charge is 2.42. The second-order valence-corrected chi connectivity index (χ2v) is 4.54. The molecule has 0 aromatic heterocycles. The van der Waals surface area contributed by atoms with Gasteiger partial charge in [-0.25, -0.2) is 0 Å². The van der Waals surface area contributed by atoms with Crippen LogP contribution in [0.1, 0.15) is 24.8 Å². The fourth-order valence-corrected chi connectivity index (χ4v) is 2.98. The van der Waals surface area contributed by atoms with Crippen LogP contribution in [-0.2, 0) is 5.41 Å². The van der Waals surface area contributed by atoms with Crippen LogP contribution in [0, 0.1) is 5.92 Å². The molecule has 2 unspecified atom stereocenters. The number of para-hydroxylation sites is 1. The molecule has 2 atom stereocenters. The van der Waals surface area contributed by atoms with E-state index in [2.05, 4.69) is 18.2 Å². The third-order valence-electron chi connectivity index (χ3n) is 3.72. The number of rotatable bonds is 1. The average Bonchev–Trinajstić information content (AvgIpc) is 2.79. The van der Waals surface area contributed by atoms with E-state index in [1.165, 1.54) is 19.3 Å². The van der Waals surface area contributed by atoms with E-state index in [-0.39, 0.29) is 5.41 Å². The maximum atomic E-state index is 9.85. The summed E-state index contributed by atoms with van der Waals surface area (Å²) in [6.07, 6.45) is 8.30. The van der Waals surface area contributed by atoms with Gasteiger partial charge in [-0.3, -0.25) is 0 Å². The molecular formula is C13H14O. The first-order chi connectivity index (χ1) is 6.80. The van der Waals surface area contributed by atoms with Crippen LogP contribution in [-0.4, -0.2) is 5.11 Å². The maximum Gasteiger partial charge on any atom is 0.119 e. The topological polar surface area (TPSA) is 20.2 Å². The summed E-state index contributed by atoms with van der Waals surface area (Å²) in [5.41, 5.74) is 1.28. The summed E-state index contributed by atoms with van der Waals surface area (Å²) in [6.45, 7) is 0. The molecule has 1 fully saturated rings. The van der Waals surface area contributed by atoms with E-state index < -0.39 is 0 Å². The normalized spacial score (nSPS) is 33.9. The minimum Gasteiger partial charge on any atom is -0.508 e. The van der Waals surface area contributed by atoms with Gasteiger partial charge >= 0.3 is 0 Å². The lowest BCUT2D eigenvalue weighted by atomic mass is 9.80. The first-order valence-electron chi connectivity index (χ1n) is 5.28. The van der Waals surface area contributed by atoms with E-state index >= 15 is 0 Å². The quantitative estimate of drug-likeness (QED) is 0.668. The second kappa shape index (κ2) is 2.63. The molecule has 1 heteroatoms. The van der Waals surface area contributed by atoms with Crippen LogP contribution in [0.5, 0.6) is 5.75 Å². The summed E-state index contributed by atoms with van der Waals surface area (Å²) in [5.74, 6) is 1.22. The van der Waals surface area contributed by atoms with Crippen LogP contribution in [0.15, 0.2) is 36.4 Å². The Morgan fingerprint density at radius 1 is 1.29 bits per heavy atom. The highest BCUT2D eigenvalue weighted by Crippen LogP contribution is 2.52. The van der Waals surface area contributed by atoms with E-state index in [0.29, 0.717) is 5.75 Å². The van der Waals surface area contributed by atoms with Crippen molar-refractivity contribution in [2.24, 2.45) is 5.92 Å². The molecular weight excluding hydrogens is 172 g/mol. The second-order valence-electron chi connectivity index (χ2n) is 4.54. The molecule has 0 saturated heterocycles. The molecule has 72 valence electrons. The van der Waals surface area contributed by atoms with Crippen molar-refractivity contribution in [3.8, 4) is 5.75 Å². The fraction of sp³-hybridized carbons (Fsp3) is 0.385. The molecule has 2 bridgehead atoms. The molecule has 0 amide bonds. The first-order valence-corrected chi connectivity index (χ1v) is 5.28. The summed E-state index contributed by atoms with van der Waals surface area (Å²) in [4.78, 5) is 0. The van der Waals surface area contributed by atoms with Crippen molar-refractivity contribution >= 4 is 0 Å². The number of fused-ring (bicyclic) bond motifs is 2. The minimum atomic E-state index is 0.163. The fourth-order valence-electron chi connectivity index (χ4n) is 2.98. The molecule has 1 nitrogen and oxygen atoms in total. The predicted octanol–water partition coefficient (Wildman–Crippen LogP) is 3.00. The van der Waals surface area contributed by atoms with Gasteiger partial charge in [0, 0.05) is 11.0 Å². The van der Waals surface area contributed by atoms with Crippen molar-refractivity contribution < 1.29 is 5.11 Å². The molecule has 1 N–H and O–H groups in total. The Morgan fingerprint density at radius 3 is 2.71 bits per heavy atom. The molecule has 0 radical (unpaired) electrons. The third kappa shape index (κ3) is 0.955.